The van der Waals surface area contributed by atoms with Crippen LogP contribution in [0.2, 0.25) is 0 Å². The van der Waals surface area contributed by atoms with Crippen molar-refractivity contribution >= 4 is 29.9 Å². The summed E-state index contributed by atoms with van der Waals surface area (Å²) in [6.45, 7) is 8.07. The summed E-state index contributed by atoms with van der Waals surface area (Å²) >= 11 is 0. The Kier molecular flexibility index (Phi) is 8.95. The number of halogens is 1. The molecule has 0 bridgehead atoms. The Morgan fingerprint density at radius 3 is 2.81 bits per heavy atom. The van der Waals surface area contributed by atoms with Crippen LogP contribution in [-0.2, 0) is 32.5 Å². The number of nitrogens with one attached hydrogen (secondary N) is 2. The first-order chi connectivity index (χ1) is 12.8. The second-order valence-electron chi connectivity index (χ2n) is 6.41. The van der Waals surface area contributed by atoms with Gasteiger partial charge in [-0.2, -0.15) is 0 Å². The first-order valence-electron chi connectivity index (χ1n) is 9.61. The Morgan fingerprint density at radius 2 is 2.00 bits per heavy atom. The summed E-state index contributed by atoms with van der Waals surface area (Å²) in [5, 5.41) is 23.4. The first-order valence-corrected chi connectivity index (χ1v) is 9.61. The average molecular weight is 487 g/mol. The van der Waals surface area contributed by atoms with Crippen LogP contribution < -0.4 is 10.6 Å². The smallest absolute Gasteiger partial charge is 0.191 e. The van der Waals surface area contributed by atoms with Gasteiger partial charge in [-0.05, 0) is 19.8 Å². The zero-order valence-electron chi connectivity index (χ0n) is 16.2. The molecule has 2 N–H and O–H groups in total. The van der Waals surface area contributed by atoms with Crippen LogP contribution in [0.1, 0.15) is 50.6 Å². The number of fused-ring (bicyclic) bond motifs is 1. The SMILES string of the molecule is CCNC(=NCc1nnc2n1CCCCC2)NCCn1cnnc1CC.I. The Hall–Kier alpha value is -1.72. The summed E-state index contributed by atoms with van der Waals surface area (Å²) in [4.78, 5) is 4.69. The molecule has 0 saturated heterocycles. The number of guanidine groups is 1. The number of aromatic nitrogens is 6. The molecule has 3 heterocycles. The van der Waals surface area contributed by atoms with Crippen LogP contribution in [0.5, 0.6) is 0 Å². The Labute approximate surface area is 177 Å². The quantitative estimate of drug-likeness (QED) is 0.349. The van der Waals surface area contributed by atoms with Crippen LogP contribution in [-0.4, -0.2) is 48.6 Å². The van der Waals surface area contributed by atoms with E-state index in [0.717, 1.165) is 62.5 Å². The number of aliphatic imine (C=N–C) groups is 1. The zero-order valence-corrected chi connectivity index (χ0v) is 18.5. The van der Waals surface area contributed by atoms with Gasteiger partial charge in [0.05, 0.1) is 0 Å². The van der Waals surface area contributed by atoms with Gasteiger partial charge in [-0.25, -0.2) is 4.99 Å². The molecule has 0 aromatic carbocycles. The third kappa shape index (κ3) is 5.88. The van der Waals surface area contributed by atoms with E-state index in [0.29, 0.717) is 6.54 Å². The molecule has 9 nitrogen and oxygen atoms in total. The van der Waals surface area contributed by atoms with E-state index in [1.54, 1.807) is 6.33 Å². The van der Waals surface area contributed by atoms with Gasteiger partial charge in [0.15, 0.2) is 11.8 Å². The lowest BCUT2D eigenvalue weighted by molar-refractivity contribution is 0.604. The van der Waals surface area contributed by atoms with E-state index in [-0.39, 0.29) is 24.0 Å². The van der Waals surface area contributed by atoms with E-state index in [1.807, 2.05) is 0 Å². The second kappa shape index (κ2) is 11.2. The van der Waals surface area contributed by atoms with Crippen molar-refractivity contribution in [3.63, 3.8) is 0 Å². The molecule has 0 radical (unpaired) electrons. The molecule has 3 rings (SSSR count). The lowest BCUT2D eigenvalue weighted by Crippen LogP contribution is -2.39. The standard InChI is InChI=1S/C17H29N9.HI/c1-3-14-22-21-13-25(14)11-9-19-17(18-4-2)20-12-16-24-23-15-8-6-5-7-10-26(15)16;/h13H,3-12H2,1-2H3,(H2,18,19,20);1H. The van der Waals surface area contributed by atoms with Gasteiger partial charge in [-0.3, -0.25) is 0 Å². The summed E-state index contributed by atoms with van der Waals surface area (Å²) in [7, 11) is 0. The van der Waals surface area contributed by atoms with Gasteiger partial charge in [-0.15, -0.1) is 44.4 Å². The highest BCUT2D eigenvalue weighted by Crippen LogP contribution is 2.14. The lowest BCUT2D eigenvalue weighted by atomic mass is 10.2. The van der Waals surface area contributed by atoms with Crippen LogP contribution in [0.15, 0.2) is 11.3 Å². The molecule has 0 aliphatic carbocycles. The number of hydrogen-bond acceptors (Lipinski definition) is 5. The Morgan fingerprint density at radius 1 is 1.11 bits per heavy atom. The van der Waals surface area contributed by atoms with Crippen molar-refractivity contribution < 1.29 is 0 Å². The summed E-state index contributed by atoms with van der Waals surface area (Å²) in [6, 6.07) is 0. The maximum Gasteiger partial charge on any atom is 0.191 e. The van der Waals surface area contributed by atoms with Crippen molar-refractivity contribution in [3.05, 3.63) is 23.8 Å². The number of nitrogens with zero attached hydrogens (tertiary/aromatic N) is 7. The van der Waals surface area contributed by atoms with Crippen molar-refractivity contribution in [1.29, 1.82) is 0 Å². The second-order valence-corrected chi connectivity index (χ2v) is 6.41. The molecule has 1 aliphatic rings. The number of rotatable bonds is 7. The fourth-order valence-electron chi connectivity index (χ4n) is 3.19. The highest BCUT2D eigenvalue weighted by Gasteiger charge is 2.14. The highest BCUT2D eigenvalue weighted by molar-refractivity contribution is 14.0. The van der Waals surface area contributed by atoms with Gasteiger partial charge in [0.2, 0.25) is 0 Å². The van der Waals surface area contributed by atoms with Gasteiger partial charge >= 0.3 is 0 Å². The maximum absolute atomic E-state index is 4.69. The minimum absolute atomic E-state index is 0. The topological polar surface area (TPSA) is 97.8 Å². The molecule has 150 valence electrons. The lowest BCUT2D eigenvalue weighted by Gasteiger charge is -2.12. The summed E-state index contributed by atoms with van der Waals surface area (Å²) in [6.07, 6.45) is 7.34. The monoisotopic (exact) mass is 487 g/mol. The van der Waals surface area contributed by atoms with E-state index in [1.165, 1.54) is 19.3 Å². The van der Waals surface area contributed by atoms with E-state index in [9.17, 15) is 0 Å². The van der Waals surface area contributed by atoms with Gasteiger partial charge < -0.3 is 19.8 Å². The van der Waals surface area contributed by atoms with Gasteiger partial charge in [0.1, 0.15) is 24.5 Å². The van der Waals surface area contributed by atoms with Crippen molar-refractivity contribution in [2.24, 2.45) is 4.99 Å². The third-order valence-corrected chi connectivity index (χ3v) is 4.57. The summed E-state index contributed by atoms with van der Waals surface area (Å²) < 4.78 is 4.31. The van der Waals surface area contributed by atoms with Gasteiger partial charge in [0, 0.05) is 39.0 Å². The molecule has 0 atom stereocenters. The van der Waals surface area contributed by atoms with Gasteiger partial charge in [-0.1, -0.05) is 13.3 Å². The summed E-state index contributed by atoms with van der Waals surface area (Å²) in [5.41, 5.74) is 0. The summed E-state index contributed by atoms with van der Waals surface area (Å²) in [5.74, 6) is 3.85. The molecule has 2 aromatic rings. The fourth-order valence-corrected chi connectivity index (χ4v) is 3.19. The van der Waals surface area contributed by atoms with E-state index >= 15 is 0 Å². The van der Waals surface area contributed by atoms with E-state index in [2.05, 4.69) is 59.0 Å². The third-order valence-electron chi connectivity index (χ3n) is 4.57. The van der Waals surface area contributed by atoms with Crippen molar-refractivity contribution in [1.82, 2.24) is 40.2 Å². The van der Waals surface area contributed by atoms with Crippen LogP contribution in [0, 0.1) is 0 Å². The van der Waals surface area contributed by atoms with E-state index < -0.39 is 0 Å². The molecular formula is C17H30IN9. The molecule has 0 saturated carbocycles. The maximum atomic E-state index is 4.69. The highest BCUT2D eigenvalue weighted by atomic mass is 127. The molecule has 0 fully saturated rings. The largest absolute Gasteiger partial charge is 0.357 e. The normalized spacial score (nSPS) is 14.2. The van der Waals surface area contributed by atoms with Crippen LogP contribution in [0.25, 0.3) is 0 Å². The Bertz CT molecular complexity index is 722. The molecule has 1 aliphatic heterocycles. The first kappa shape index (κ1) is 21.6. The van der Waals surface area contributed by atoms with Crippen LogP contribution in [0.4, 0.5) is 0 Å². The molecule has 0 unspecified atom stereocenters. The minimum Gasteiger partial charge on any atom is -0.357 e. The predicted octanol–water partition coefficient (Wildman–Crippen LogP) is 1.53. The Balaban J connectivity index is 0.00000261. The minimum atomic E-state index is 0. The van der Waals surface area contributed by atoms with E-state index in [4.69, 9.17) is 0 Å². The van der Waals surface area contributed by atoms with Crippen LogP contribution >= 0.6 is 24.0 Å². The zero-order chi connectivity index (χ0) is 18.2. The molecule has 0 amide bonds. The molecule has 27 heavy (non-hydrogen) atoms. The van der Waals surface area contributed by atoms with Crippen molar-refractivity contribution in [2.45, 2.75) is 65.6 Å². The fraction of sp³-hybridized carbons (Fsp3) is 0.706. The number of hydrogen-bond donors (Lipinski definition) is 2. The van der Waals surface area contributed by atoms with Crippen molar-refractivity contribution in [2.75, 3.05) is 13.1 Å². The van der Waals surface area contributed by atoms with Crippen molar-refractivity contribution in [3.8, 4) is 0 Å². The molecule has 0 spiro atoms. The van der Waals surface area contributed by atoms with Crippen LogP contribution in [0.3, 0.4) is 0 Å². The van der Waals surface area contributed by atoms with Gasteiger partial charge in [0.25, 0.3) is 0 Å². The molecular weight excluding hydrogens is 457 g/mol. The predicted molar refractivity (Wildman–Crippen MR) is 115 cm³/mol. The number of aryl methyl sites for hydroxylation is 2. The molecule has 10 heteroatoms. The molecule has 2 aromatic heterocycles. The average Bonchev–Trinajstić information content (AvgIpc) is 3.19.